The number of rotatable bonds is 4. The van der Waals surface area contributed by atoms with Gasteiger partial charge in [0.05, 0.1) is 0 Å². The van der Waals surface area contributed by atoms with Gasteiger partial charge >= 0.3 is 6.09 Å². The standard InChI is InChI=1S/C15H30N2O2/c1-13(2,3)19-12(18)17-15(8-6-7-9-15)10-14(4,5)11-16/h6-11,16H2,1-5H3,(H,17,18). The molecule has 4 nitrogen and oxygen atoms in total. The predicted molar refractivity (Wildman–Crippen MR) is 78.0 cm³/mol. The summed E-state index contributed by atoms with van der Waals surface area (Å²) in [5, 5.41) is 3.12. The minimum Gasteiger partial charge on any atom is -0.444 e. The summed E-state index contributed by atoms with van der Waals surface area (Å²) in [6.07, 6.45) is 4.98. The number of carbonyl (C=O) groups is 1. The zero-order chi connectivity index (χ0) is 14.7. The molecule has 0 aromatic rings. The number of nitrogens with two attached hydrogens (primary N) is 1. The molecule has 0 unspecified atom stereocenters. The molecule has 0 spiro atoms. The van der Waals surface area contributed by atoms with Gasteiger partial charge < -0.3 is 15.8 Å². The zero-order valence-electron chi connectivity index (χ0n) is 13.1. The van der Waals surface area contributed by atoms with Gasteiger partial charge in [0.25, 0.3) is 0 Å². The van der Waals surface area contributed by atoms with Gasteiger partial charge in [0.15, 0.2) is 0 Å². The average molecular weight is 270 g/mol. The van der Waals surface area contributed by atoms with E-state index in [2.05, 4.69) is 19.2 Å². The second-order valence-corrected chi connectivity index (χ2v) is 7.66. The molecule has 1 aliphatic carbocycles. The first-order valence-electron chi connectivity index (χ1n) is 7.29. The second-order valence-electron chi connectivity index (χ2n) is 7.66. The zero-order valence-corrected chi connectivity index (χ0v) is 13.1. The van der Waals surface area contributed by atoms with Crippen molar-refractivity contribution < 1.29 is 9.53 Å². The molecule has 4 heteroatoms. The van der Waals surface area contributed by atoms with Gasteiger partial charge in [0, 0.05) is 5.54 Å². The lowest BCUT2D eigenvalue weighted by Gasteiger charge is -2.38. The van der Waals surface area contributed by atoms with Crippen LogP contribution in [0.4, 0.5) is 4.79 Å². The SMILES string of the molecule is CC(C)(CN)CC1(NC(=O)OC(C)(C)C)CCCC1. The van der Waals surface area contributed by atoms with E-state index in [4.69, 9.17) is 10.5 Å². The summed E-state index contributed by atoms with van der Waals surface area (Å²) in [4.78, 5) is 12.0. The molecule has 3 N–H and O–H groups in total. The van der Waals surface area contributed by atoms with Gasteiger partial charge in [-0.1, -0.05) is 26.7 Å². The van der Waals surface area contributed by atoms with Crippen molar-refractivity contribution in [2.45, 2.75) is 77.9 Å². The van der Waals surface area contributed by atoms with Crippen molar-refractivity contribution in [3.05, 3.63) is 0 Å². The molecule has 1 fully saturated rings. The van der Waals surface area contributed by atoms with E-state index in [0.717, 1.165) is 32.1 Å². The number of alkyl carbamates (subject to hydrolysis) is 1. The van der Waals surface area contributed by atoms with Gasteiger partial charge in [-0.25, -0.2) is 4.79 Å². The molecule has 0 atom stereocenters. The normalized spacial score (nSPS) is 19.3. The number of hydrogen-bond donors (Lipinski definition) is 2. The van der Waals surface area contributed by atoms with Crippen molar-refractivity contribution in [2.24, 2.45) is 11.1 Å². The first-order chi connectivity index (χ1) is 8.58. The minimum absolute atomic E-state index is 0.0410. The van der Waals surface area contributed by atoms with Crippen LogP contribution in [-0.4, -0.2) is 23.8 Å². The third-order valence-electron chi connectivity index (χ3n) is 3.70. The molecule has 112 valence electrons. The molecular weight excluding hydrogens is 240 g/mol. The van der Waals surface area contributed by atoms with E-state index in [1.54, 1.807) is 0 Å². The molecule has 0 saturated heterocycles. The molecule has 0 aromatic heterocycles. The Bertz CT molecular complexity index is 313. The highest BCUT2D eigenvalue weighted by atomic mass is 16.6. The van der Waals surface area contributed by atoms with Crippen molar-refractivity contribution in [3.8, 4) is 0 Å². The lowest BCUT2D eigenvalue weighted by atomic mass is 9.77. The van der Waals surface area contributed by atoms with Crippen LogP contribution in [0.1, 0.15) is 66.7 Å². The fourth-order valence-corrected chi connectivity index (χ4v) is 2.91. The number of carbonyl (C=O) groups excluding carboxylic acids is 1. The van der Waals surface area contributed by atoms with E-state index in [-0.39, 0.29) is 17.0 Å². The molecule has 1 rings (SSSR count). The van der Waals surface area contributed by atoms with E-state index in [1.165, 1.54) is 0 Å². The van der Waals surface area contributed by atoms with E-state index < -0.39 is 5.60 Å². The summed E-state index contributed by atoms with van der Waals surface area (Å²) < 4.78 is 5.39. The third kappa shape index (κ3) is 5.39. The molecule has 0 aromatic carbocycles. The summed E-state index contributed by atoms with van der Waals surface area (Å²) in [6, 6.07) is 0. The summed E-state index contributed by atoms with van der Waals surface area (Å²) >= 11 is 0. The molecule has 1 aliphatic rings. The summed E-state index contributed by atoms with van der Waals surface area (Å²) in [5.41, 5.74) is 5.29. The third-order valence-corrected chi connectivity index (χ3v) is 3.70. The second kappa shape index (κ2) is 5.70. The van der Waals surface area contributed by atoms with Crippen LogP contribution in [0, 0.1) is 5.41 Å². The van der Waals surface area contributed by atoms with Crippen molar-refractivity contribution in [1.29, 1.82) is 0 Å². The van der Waals surface area contributed by atoms with Crippen LogP contribution in [0.15, 0.2) is 0 Å². The van der Waals surface area contributed by atoms with Gasteiger partial charge in [-0.2, -0.15) is 0 Å². The molecule has 0 aliphatic heterocycles. The fourth-order valence-electron chi connectivity index (χ4n) is 2.91. The van der Waals surface area contributed by atoms with Crippen LogP contribution in [0.5, 0.6) is 0 Å². The van der Waals surface area contributed by atoms with E-state index in [1.807, 2.05) is 20.8 Å². The maximum atomic E-state index is 12.0. The van der Waals surface area contributed by atoms with Gasteiger partial charge in [-0.05, 0) is 52.0 Å². The van der Waals surface area contributed by atoms with E-state index in [0.29, 0.717) is 6.54 Å². The highest BCUT2D eigenvalue weighted by Crippen LogP contribution is 2.39. The lowest BCUT2D eigenvalue weighted by molar-refractivity contribution is 0.0424. The molecule has 1 amide bonds. The molecule has 0 radical (unpaired) electrons. The van der Waals surface area contributed by atoms with Gasteiger partial charge in [-0.15, -0.1) is 0 Å². The number of hydrogen-bond acceptors (Lipinski definition) is 3. The number of ether oxygens (including phenoxy) is 1. The van der Waals surface area contributed by atoms with Crippen molar-refractivity contribution in [1.82, 2.24) is 5.32 Å². The van der Waals surface area contributed by atoms with E-state index >= 15 is 0 Å². The summed E-state index contributed by atoms with van der Waals surface area (Å²) in [7, 11) is 0. The smallest absolute Gasteiger partial charge is 0.408 e. The Morgan fingerprint density at radius 2 is 1.74 bits per heavy atom. The molecule has 0 heterocycles. The minimum atomic E-state index is -0.451. The van der Waals surface area contributed by atoms with Crippen LogP contribution >= 0.6 is 0 Å². The number of nitrogens with one attached hydrogen (secondary N) is 1. The van der Waals surface area contributed by atoms with Crippen LogP contribution < -0.4 is 11.1 Å². The maximum Gasteiger partial charge on any atom is 0.408 e. The lowest BCUT2D eigenvalue weighted by Crippen LogP contribution is -2.51. The fraction of sp³-hybridized carbons (Fsp3) is 0.933. The van der Waals surface area contributed by atoms with Crippen LogP contribution in [0.2, 0.25) is 0 Å². The Morgan fingerprint density at radius 1 is 1.21 bits per heavy atom. The summed E-state index contributed by atoms with van der Waals surface area (Å²) in [6.45, 7) is 10.6. The number of amides is 1. The Hall–Kier alpha value is -0.770. The first kappa shape index (κ1) is 16.3. The van der Waals surface area contributed by atoms with Gasteiger partial charge in [0.2, 0.25) is 0 Å². The monoisotopic (exact) mass is 270 g/mol. The van der Waals surface area contributed by atoms with Crippen LogP contribution in [-0.2, 0) is 4.74 Å². The highest BCUT2D eigenvalue weighted by Gasteiger charge is 2.40. The topological polar surface area (TPSA) is 64.3 Å². The Kier molecular flexibility index (Phi) is 4.88. The molecular formula is C15H30N2O2. The first-order valence-corrected chi connectivity index (χ1v) is 7.29. The quantitative estimate of drug-likeness (QED) is 0.824. The Labute approximate surface area is 117 Å². The van der Waals surface area contributed by atoms with Crippen molar-refractivity contribution >= 4 is 6.09 Å². The maximum absolute atomic E-state index is 12.0. The van der Waals surface area contributed by atoms with Crippen molar-refractivity contribution in [3.63, 3.8) is 0 Å². The van der Waals surface area contributed by atoms with Crippen LogP contribution in [0.3, 0.4) is 0 Å². The van der Waals surface area contributed by atoms with Crippen molar-refractivity contribution in [2.75, 3.05) is 6.54 Å². The van der Waals surface area contributed by atoms with E-state index in [9.17, 15) is 4.79 Å². The molecule has 0 bridgehead atoms. The average Bonchev–Trinajstić information content (AvgIpc) is 2.62. The largest absolute Gasteiger partial charge is 0.444 e. The predicted octanol–water partition coefficient (Wildman–Crippen LogP) is 3.20. The Morgan fingerprint density at radius 3 is 2.16 bits per heavy atom. The van der Waals surface area contributed by atoms with Gasteiger partial charge in [0.1, 0.15) is 5.60 Å². The highest BCUT2D eigenvalue weighted by molar-refractivity contribution is 5.68. The van der Waals surface area contributed by atoms with Gasteiger partial charge in [-0.3, -0.25) is 0 Å². The summed E-state index contributed by atoms with van der Waals surface area (Å²) in [5.74, 6) is 0. The Balaban J connectivity index is 2.70. The molecule has 1 saturated carbocycles. The molecule has 19 heavy (non-hydrogen) atoms. The van der Waals surface area contributed by atoms with Crippen LogP contribution in [0.25, 0.3) is 0 Å².